The van der Waals surface area contributed by atoms with Crippen LogP contribution in [0.3, 0.4) is 0 Å². The Kier molecular flexibility index (Phi) is 7.61. The predicted molar refractivity (Wildman–Crippen MR) is 135 cm³/mol. The van der Waals surface area contributed by atoms with Crippen molar-refractivity contribution in [3.63, 3.8) is 0 Å². The number of aryl methyl sites for hydroxylation is 1. The van der Waals surface area contributed by atoms with E-state index in [-0.39, 0.29) is 5.91 Å². The molecular formula is C25H32N4O5S. The summed E-state index contributed by atoms with van der Waals surface area (Å²) in [6, 6.07) is 12.9. The van der Waals surface area contributed by atoms with E-state index < -0.39 is 21.7 Å². The largest absolute Gasteiger partial charge is 0.399 e. The van der Waals surface area contributed by atoms with E-state index in [9.17, 15) is 18.0 Å². The molecule has 2 saturated heterocycles. The molecule has 188 valence electrons. The lowest BCUT2D eigenvalue weighted by Gasteiger charge is -2.32. The quantitative estimate of drug-likeness (QED) is 0.587. The molecule has 0 unspecified atom stereocenters. The first-order valence-electron chi connectivity index (χ1n) is 11.8. The molecule has 0 bridgehead atoms. The van der Waals surface area contributed by atoms with Crippen LogP contribution in [0.15, 0.2) is 42.5 Å². The van der Waals surface area contributed by atoms with Gasteiger partial charge in [0.15, 0.2) is 0 Å². The van der Waals surface area contributed by atoms with E-state index in [0.29, 0.717) is 62.1 Å². The second kappa shape index (κ2) is 10.7. The van der Waals surface area contributed by atoms with Gasteiger partial charge in [0.25, 0.3) is 5.91 Å². The topological polar surface area (TPSA) is 122 Å². The Morgan fingerprint density at radius 1 is 1.00 bits per heavy atom. The highest BCUT2D eigenvalue weighted by molar-refractivity contribution is 7.93. The zero-order valence-corrected chi connectivity index (χ0v) is 20.7. The molecular weight excluding hydrogens is 468 g/mol. The standard InChI is InChI=1S/C25H32N4O5S/c1-18-2-3-21(16-23(18)27-35(32,33)17-24(30)28-12-14-34-15-13-28)25(31)29-10-8-20(9-11-29)19-4-6-22(26)7-5-19/h2-7,16,20,27H,8-15,17,26H2,1H3. The van der Waals surface area contributed by atoms with Crippen LogP contribution in [0.25, 0.3) is 0 Å². The highest BCUT2D eigenvalue weighted by Crippen LogP contribution is 2.29. The van der Waals surface area contributed by atoms with Crippen LogP contribution >= 0.6 is 0 Å². The molecule has 2 fully saturated rings. The number of hydrogen-bond acceptors (Lipinski definition) is 6. The minimum absolute atomic E-state index is 0.134. The lowest BCUT2D eigenvalue weighted by molar-refractivity contribution is -0.132. The van der Waals surface area contributed by atoms with Gasteiger partial charge in [-0.25, -0.2) is 8.42 Å². The van der Waals surface area contributed by atoms with Crippen molar-refractivity contribution in [3.05, 3.63) is 59.2 Å². The van der Waals surface area contributed by atoms with Crippen molar-refractivity contribution >= 4 is 33.2 Å². The summed E-state index contributed by atoms with van der Waals surface area (Å²) in [6.07, 6.45) is 1.70. The van der Waals surface area contributed by atoms with Gasteiger partial charge in [-0.15, -0.1) is 0 Å². The summed E-state index contributed by atoms with van der Waals surface area (Å²) >= 11 is 0. The number of amides is 2. The Hall–Kier alpha value is -3.11. The van der Waals surface area contributed by atoms with Gasteiger partial charge in [0.2, 0.25) is 15.9 Å². The minimum atomic E-state index is -3.93. The fourth-order valence-corrected chi connectivity index (χ4v) is 5.64. The molecule has 35 heavy (non-hydrogen) atoms. The normalized spacial score (nSPS) is 17.3. The van der Waals surface area contributed by atoms with E-state index in [4.69, 9.17) is 10.5 Å². The number of piperidine rings is 1. The Morgan fingerprint density at radius 2 is 1.66 bits per heavy atom. The molecule has 2 aliphatic heterocycles. The van der Waals surface area contributed by atoms with Crippen molar-refractivity contribution in [2.45, 2.75) is 25.7 Å². The Bertz CT molecular complexity index is 1170. The maximum atomic E-state index is 13.2. The number of sulfonamides is 1. The number of likely N-dealkylation sites (tertiary alicyclic amines) is 1. The van der Waals surface area contributed by atoms with E-state index in [2.05, 4.69) is 4.72 Å². The molecule has 2 heterocycles. The summed E-state index contributed by atoms with van der Waals surface area (Å²) in [5.41, 5.74) is 9.14. The number of ether oxygens (including phenoxy) is 1. The maximum Gasteiger partial charge on any atom is 0.253 e. The SMILES string of the molecule is Cc1ccc(C(=O)N2CCC(c3ccc(N)cc3)CC2)cc1NS(=O)(=O)CC(=O)N1CCOCC1. The van der Waals surface area contributed by atoms with Crippen molar-refractivity contribution in [2.24, 2.45) is 0 Å². The highest BCUT2D eigenvalue weighted by Gasteiger charge is 2.26. The van der Waals surface area contributed by atoms with Gasteiger partial charge in [-0.05, 0) is 61.1 Å². The second-order valence-electron chi connectivity index (χ2n) is 9.12. The van der Waals surface area contributed by atoms with Crippen molar-refractivity contribution in [2.75, 3.05) is 55.6 Å². The summed E-state index contributed by atoms with van der Waals surface area (Å²) in [5.74, 6) is -0.868. The summed E-state index contributed by atoms with van der Waals surface area (Å²) in [4.78, 5) is 28.9. The van der Waals surface area contributed by atoms with Crippen LogP contribution in [-0.4, -0.2) is 75.2 Å². The average Bonchev–Trinajstić information content (AvgIpc) is 2.85. The molecule has 0 aliphatic carbocycles. The summed E-state index contributed by atoms with van der Waals surface area (Å²) in [7, 11) is -3.93. The molecule has 2 aromatic rings. The minimum Gasteiger partial charge on any atom is -0.399 e. The van der Waals surface area contributed by atoms with Crippen molar-refractivity contribution in [1.82, 2.24) is 9.80 Å². The fourth-order valence-electron chi connectivity index (χ4n) is 4.50. The molecule has 0 atom stereocenters. The van der Waals surface area contributed by atoms with Crippen LogP contribution in [-0.2, 0) is 19.6 Å². The molecule has 0 spiro atoms. The van der Waals surface area contributed by atoms with Crippen molar-refractivity contribution < 1.29 is 22.7 Å². The molecule has 10 heteroatoms. The molecule has 2 aromatic carbocycles. The summed E-state index contributed by atoms with van der Waals surface area (Å²) < 4.78 is 33.1. The first-order valence-corrected chi connectivity index (χ1v) is 13.5. The number of nitrogens with zero attached hydrogens (tertiary/aromatic N) is 2. The van der Waals surface area contributed by atoms with Crippen LogP contribution < -0.4 is 10.5 Å². The number of rotatable bonds is 6. The third-order valence-electron chi connectivity index (χ3n) is 6.62. The molecule has 0 radical (unpaired) electrons. The van der Waals surface area contributed by atoms with Gasteiger partial charge < -0.3 is 20.3 Å². The number of anilines is 2. The zero-order chi connectivity index (χ0) is 25.0. The first kappa shape index (κ1) is 25.0. The summed E-state index contributed by atoms with van der Waals surface area (Å²) in [5, 5.41) is 0. The van der Waals surface area contributed by atoms with Gasteiger partial charge in [-0.3, -0.25) is 14.3 Å². The second-order valence-corrected chi connectivity index (χ2v) is 10.8. The number of benzene rings is 2. The molecule has 4 rings (SSSR count). The summed E-state index contributed by atoms with van der Waals surface area (Å²) in [6.45, 7) is 4.57. The lowest BCUT2D eigenvalue weighted by Crippen LogP contribution is -2.44. The van der Waals surface area contributed by atoms with Crippen LogP contribution in [0.4, 0.5) is 11.4 Å². The van der Waals surface area contributed by atoms with Crippen LogP contribution in [0.5, 0.6) is 0 Å². The number of hydrogen-bond donors (Lipinski definition) is 2. The Labute approximate surface area is 206 Å². The molecule has 9 nitrogen and oxygen atoms in total. The van der Waals surface area contributed by atoms with Gasteiger partial charge in [0.1, 0.15) is 5.75 Å². The van der Waals surface area contributed by atoms with Gasteiger partial charge >= 0.3 is 0 Å². The van der Waals surface area contributed by atoms with E-state index in [1.54, 1.807) is 30.0 Å². The number of nitrogen functional groups attached to an aromatic ring is 1. The van der Waals surface area contributed by atoms with E-state index in [1.165, 1.54) is 10.5 Å². The average molecular weight is 501 g/mol. The van der Waals surface area contributed by atoms with Crippen LogP contribution in [0.2, 0.25) is 0 Å². The number of morpholine rings is 1. The molecule has 0 aromatic heterocycles. The van der Waals surface area contributed by atoms with Gasteiger partial charge in [-0.1, -0.05) is 18.2 Å². The molecule has 0 saturated carbocycles. The number of carbonyl (C=O) groups is 2. The highest BCUT2D eigenvalue weighted by atomic mass is 32.2. The Balaban J connectivity index is 1.39. The molecule has 3 N–H and O–H groups in total. The number of nitrogens with two attached hydrogens (primary N) is 1. The van der Waals surface area contributed by atoms with E-state index in [1.807, 2.05) is 24.3 Å². The third kappa shape index (κ3) is 6.32. The molecule has 2 amide bonds. The predicted octanol–water partition coefficient (Wildman–Crippen LogP) is 2.20. The van der Waals surface area contributed by atoms with Crippen molar-refractivity contribution in [3.8, 4) is 0 Å². The van der Waals surface area contributed by atoms with Gasteiger partial charge in [-0.2, -0.15) is 0 Å². The van der Waals surface area contributed by atoms with E-state index >= 15 is 0 Å². The van der Waals surface area contributed by atoms with Crippen molar-refractivity contribution in [1.29, 1.82) is 0 Å². The van der Waals surface area contributed by atoms with Crippen LogP contribution in [0, 0.1) is 6.92 Å². The van der Waals surface area contributed by atoms with Gasteiger partial charge in [0.05, 0.1) is 18.9 Å². The number of nitrogens with one attached hydrogen (secondary N) is 1. The monoisotopic (exact) mass is 500 g/mol. The smallest absolute Gasteiger partial charge is 0.253 e. The fraction of sp³-hybridized carbons (Fsp3) is 0.440. The third-order valence-corrected chi connectivity index (χ3v) is 7.78. The Morgan fingerprint density at radius 3 is 2.31 bits per heavy atom. The zero-order valence-electron chi connectivity index (χ0n) is 19.9. The molecule has 2 aliphatic rings. The van der Waals surface area contributed by atoms with Crippen LogP contribution in [0.1, 0.15) is 40.2 Å². The number of carbonyl (C=O) groups excluding carboxylic acids is 2. The first-order chi connectivity index (χ1) is 16.7. The lowest BCUT2D eigenvalue weighted by atomic mass is 9.89. The van der Waals surface area contributed by atoms with Gasteiger partial charge in [0, 0.05) is 37.4 Å². The van der Waals surface area contributed by atoms with E-state index in [0.717, 1.165) is 18.5 Å². The maximum absolute atomic E-state index is 13.2.